The number of hydrogen-bond donors (Lipinski definition) is 7. The van der Waals surface area contributed by atoms with E-state index in [2.05, 4.69) is 26.4 Å². The van der Waals surface area contributed by atoms with Crippen LogP contribution in [0.15, 0.2) is 60.7 Å². The summed E-state index contributed by atoms with van der Waals surface area (Å²) in [6.45, 7) is 10.1. The van der Waals surface area contributed by atoms with E-state index in [9.17, 15) is 78.7 Å². The number of benzene rings is 2. The minimum atomic E-state index is -4.20. The van der Waals surface area contributed by atoms with E-state index >= 15 is 0 Å². The molecule has 0 radical (unpaired) electrons. The molecule has 0 unspecified atom stereocenters. The van der Waals surface area contributed by atoms with Gasteiger partial charge in [0.2, 0.25) is 23.6 Å². The number of amides is 9. The number of fused-ring (bicyclic) bond motifs is 6. The number of halogens is 2. The molecule has 103 heavy (non-hydrogen) atoms. The van der Waals surface area contributed by atoms with Crippen molar-refractivity contribution in [1.82, 2.24) is 54.2 Å². The first-order valence-corrected chi connectivity index (χ1v) is 37.3. The van der Waals surface area contributed by atoms with Crippen molar-refractivity contribution >= 4 is 80.3 Å². The summed E-state index contributed by atoms with van der Waals surface area (Å²) in [5.74, 6) is -6.44. The van der Waals surface area contributed by atoms with Crippen molar-refractivity contribution in [3.8, 4) is 0 Å². The maximum absolute atomic E-state index is 14.4. The molecule has 10 atom stereocenters. The average Bonchev–Trinajstić information content (AvgIpc) is 1.58. The molecular formula is C68H96F2N12O19S2. The fraction of sp³-hybridized carbons (Fsp3) is 0.618. The van der Waals surface area contributed by atoms with Gasteiger partial charge in [0.1, 0.15) is 70.3 Å². The zero-order chi connectivity index (χ0) is 75.9. The highest BCUT2D eigenvalue weighted by Gasteiger charge is 2.63. The molecule has 6 heterocycles. The lowest BCUT2D eigenvalue weighted by atomic mass is 10.0. The Bertz CT molecular complexity index is 3870. The fourth-order valence-corrected chi connectivity index (χ4v) is 13.6. The van der Waals surface area contributed by atoms with Crippen LogP contribution in [-0.4, -0.2) is 210 Å². The molecule has 2 aliphatic carbocycles. The first-order valence-electron chi connectivity index (χ1n) is 34.3. The highest BCUT2D eigenvalue weighted by molar-refractivity contribution is 7.87. The average molecular weight is 1490 g/mol. The van der Waals surface area contributed by atoms with E-state index in [0.717, 1.165) is 34.3 Å². The summed E-state index contributed by atoms with van der Waals surface area (Å²) in [5, 5.41) is 25.3. The molecule has 2 aromatic carbocycles. The number of nitrogens with two attached hydrogens (primary N) is 1. The largest absolute Gasteiger partial charge is 0.479 e. The van der Waals surface area contributed by atoms with E-state index in [0.29, 0.717) is 47.9 Å². The van der Waals surface area contributed by atoms with E-state index in [4.69, 9.17) is 18.9 Å². The van der Waals surface area contributed by atoms with Crippen molar-refractivity contribution < 1.29 is 97.6 Å². The number of aliphatic carboxylic acids is 1. The summed E-state index contributed by atoms with van der Waals surface area (Å²) in [6.07, 6.45) is 8.66. The number of carbonyl (C=O) groups is 10. The zero-order valence-electron chi connectivity index (χ0n) is 59.7. The first kappa shape index (κ1) is 80.2. The van der Waals surface area contributed by atoms with Crippen LogP contribution in [0.3, 0.4) is 0 Å². The van der Waals surface area contributed by atoms with Crippen LogP contribution in [-0.2, 0) is 94.3 Å². The SMILES string of the molecule is CC(C)(C)OC(=O)N[C@H]1CCCCC/C=C\[C@@H]2C[C@@]2(C(=O)O)NC(=O)[C@@H]2C[C@@H](OC(=O)N3Cc4cccc(F)c4C3)CN2C1=O.CN(C)S(=O)(=O)NC(=O)[C@@]12C[C@H]1/C=C\CCCCC[C@H](NC(=O)OC(C)(C)C)C(=O)N1C[C@H](OC(=O)N3Cc4cccc(F)c4C3)C[C@H]1C(=O)N2.CN(C)S(N)(=O)=O. The molecule has 35 heteroatoms. The van der Waals surface area contributed by atoms with Gasteiger partial charge < -0.3 is 55.1 Å². The summed E-state index contributed by atoms with van der Waals surface area (Å²) >= 11 is 0. The minimum absolute atomic E-state index is 0.00953. The zero-order valence-corrected chi connectivity index (χ0v) is 61.3. The van der Waals surface area contributed by atoms with Crippen molar-refractivity contribution in [2.45, 2.75) is 216 Å². The smallest absolute Gasteiger partial charge is 0.410 e. The van der Waals surface area contributed by atoms with Crippen LogP contribution in [0.25, 0.3) is 0 Å². The lowest BCUT2D eigenvalue weighted by Gasteiger charge is -2.30. The Morgan fingerprint density at radius 3 is 1.38 bits per heavy atom. The number of nitrogens with one attached hydrogen (secondary N) is 5. The fourth-order valence-electron chi connectivity index (χ4n) is 13.0. The van der Waals surface area contributed by atoms with Crippen molar-refractivity contribution in [2.24, 2.45) is 17.0 Å². The lowest BCUT2D eigenvalue weighted by molar-refractivity contribution is -0.145. The van der Waals surface area contributed by atoms with E-state index < -0.39 is 157 Å². The van der Waals surface area contributed by atoms with Crippen molar-refractivity contribution in [1.29, 1.82) is 0 Å². The summed E-state index contributed by atoms with van der Waals surface area (Å²) in [7, 11) is -2.35. The monoisotopic (exact) mass is 1490 g/mol. The van der Waals surface area contributed by atoms with Crippen molar-refractivity contribution in [2.75, 3.05) is 41.3 Å². The third-order valence-electron chi connectivity index (χ3n) is 18.8. The Morgan fingerprint density at radius 1 is 0.602 bits per heavy atom. The Morgan fingerprint density at radius 2 is 1.00 bits per heavy atom. The Labute approximate surface area is 598 Å². The number of carboxylic acid groups (broad SMARTS) is 1. The summed E-state index contributed by atoms with van der Waals surface area (Å²) in [5.41, 5.74) is -2.65. The Kier molecular flexibility index (Phi) is 25.4. The van der Waals surface area contributed by atoms with Crippen LogP contribution in [0, 0.1) is 23.5 Å². The number of carbonyl (C=O) groups excluding carboxylic acids is 9. The number of nitrogens with zero attached hydrogens (tertiary/aromatic N) is 6. The van der Waals surface area contributed by atoms with Gasteiger partial charge in [-0.25, -0.2) is 42.6 Å². The van der Waals surface area contributed by atoms with Crippen LogP contribution in [0.5, 0.6) is 0 Å². The molecule has 9 amide bonds. The predicted octanol–water partition coefficient (Wildman–Crippen LogP) is 4.83. The molecule has 8 N–H and O–H groups in total. The molecule has 31 nitrogen and oxygen atoms in total. The lowest BCUT2D eigenvalue weighted by Crippen LogP contribution is -2.58. The molecule has 10 rings (SSSR count). The van der Waals surface area contributed by atoms with Gasteiger partial charge in [0, 0.05) is 77.1 Å². The summed E-state index contributed by atoms with van der Waals surface area (Å²) < 4.78 is 100. The van der Waals surface area contributed by atoms with Crippen LogP contribution in [0.4, 0.5) is 28.0 Å². The van der Waals surface area contributed by atoms with E-state index in [1.165, 1.54) is 59.9 Å². The normalized spacial score (nSPS) is 27.3. The van der Waals surface area contributed by atoms with Crippen molar-refractivity contribution in [3.05, 3.63) is 94.6 Å². The number of alkyl carbamates (subject to hydrolysis) is 2. The van der Waals surface area contributed by atoms with Crippen LogP contribution < -0.4 is 31.1 Å². The quantitative estimate of drug-likeness (QED) is 0.131. The molecule has 8 aliphatic rings. The number of ether oxygens (including phenoxy) is 4. The molecule has 0 spiro atoms. The van der Waals surface area contributed by atoms with Crippen LogP contribution >= 0.6 is 0 Å². The van der Waals surface area contributed by atoms with Gasteiger partial charge in [-0.15, -0.1) is 0 Å². The highest BCUT2D eigenvalue weighted by atomic mass is 32.2. The van der Waals surface area contributed by atoms with Crippen LogP contribution in [0.1, 0.15) is 154 Å². The molecule has 4 fully saturated rings. The topological polar surface area (TPSA) is 402 Å². The second-order valence-corrected chi connectivity index (χ2v) is 33.0. The van der Waals surface area contributed by atoms with Gasteiger partial charge in [-0.3, -0.25) is 33.8 Å². The molecule has 2 aromatic rings. The van der Waals surface area contributed by atoms with Crippen LogP contribution in [0.2, 0.25) is 0 Å². The van der Waals surface area contributed by atoms with E-state index in [1.807, 2.05) is 23.0 Å². The molecule has 0 aromatic heterocycles. The second kappa shape index (κ2) is 32.6. The molecule has 2 saturated heterocycles. The van der Waals surface area contributed by atoms with Gasteiger partial charge in [-0.05, 0) is 116 Å². The van der Waals surface area contributed by atoms with E-state index in [1.54, 1.807) is 71.9 Å². The molecular weight excluding hydrogens is 1390 g/mol. The van der Waals surface area contributed by atoms with Gasteiger partial charge >= 0.3 is 40.6 Å². The Balaban J connectivity index is 0.000000240. The third-order valence-corrected chi connectivity index (χ3v) is 21.2. The summed E-state index contributed by atoms with van der Waals surface area (Å²) in [6, 6.07) is 4.70. The standard InChI is InChI=1S/C34H47FN6O9S.C32H41FN4O8.C2H8N2O2S/c1-33(2,3)50-31(45)36-26-15-10-8-6-7-9-13-22-17-34(22,30(44)38-51(47,48)39(4)5)37-28(42)27-16-23(19-41(27)29(26)43)49-32(46)40-18-21-12-11-14-25(35)24(21)20-40;1-31(2,3)45-29(42)34-24-13-8-6-4-5-7-11-20-15-32(20,28(40)41)35-26(38)25-14-21(17-37(25)27(24)39)44-30(43)36-16-19-10-9-12-23(33)22(19)18-36;1-4(2)7(3,5)6/h9,11-14,22-23,26-27H,6-8,10,15-20H2,1-5H3,(H,36,45)(H,37,42)(H,38,44);7,9-12,20-21,24-25H,4-6,8,13-18H2,1-3H3,(H,34,42)(H,35,38)(H,40,41);1-2H3,(H2,3,5,6)/b13-9-;11-7-;/t22-,23-,26+,27+,34-;20-,21-,24+,25+,32-;/m11./s1. The molecule has 0 bridgehead atoms. The molecule has 2 saturated carbocycles. The maximum Gasteiger partial charge on any atom is 0.410 e. The van der Waals surface area contributed by atoms with Gasteiger partial charge in [-0.1, -0.05) is 74.3 Å². The Hall–Kier alpha value is -8.54. The molecule has 6 aliphatic heterocycles. The molecule has 568 valence electrons. The van der Waals surface area contributed by atoms with Gasteiger partial charge in [-0.2, -0.15) is 25.4 Å². The minimum Gasteiger partial charge on any atom is -0.479 e. The van der Waals surface area contributed by atoms with E-state index in [-0.39, 0.29) is 83.7 Å². The van der Waals surface area contributed by atoms with Gasteiger partial charge in [0.25, 0.3) is 16.1 Å². The number of rotatable bonds is 9. The predicted molar refractivity (Wildman–Crippen MR) is 366 cm³/mol. The number of carboxylic acids is 1. The summed E-state index contributed by atoms with van der Waals surface area (Å²) in [4.78, 5) is 139. The van der Waals surface area contributed by atoms with Gasteiger partial charge in [0.05, 0.1) is 26.2 Å². The highest BCUT2D eigenvalue weighted by Crippen LogP contribution is 2.47. The van der Waals surface area contributed by atoms with Gasteiger partial charge in [0.15, 0.2) is 0 Å². The first-order chi connectivity index (χ1) is 48.1. The number of hydrogen-bond acceptors (Lipinski definition) is 18. The third kappa shape index (κ3) is 20.7. The maximum atomic E-state index is 14.4. The number of allylic oxidation sites excluding steroid dienone is 2. The van der Waals surface area contributed by atoms with Crippen molar-refractivity contribution in [3.63, 3.8) is 0 Å². The second-order valence-electron chi connectivity index (χ2n) is 29.4.